The fraction of sp³-hybridized carbons (Fsp3) is 0.355. The number of phenols is 1. The highest BCUT2D eigenvalue weighted by molar-refractivity contribution is 7.46. The number of rotatable bonds is 14. The van der Waals surface area contributed by atoms with Gasteiger partial charge in [0.15, 0.2) is 5.82 Å². The second-order valence-corrected chi connectivity index (χ2v) is 12.5. The summed E-state index contributed by atoms with van der Waals surface area (Å²) in [6.45, 7) is 2.24. The van der Waals surface area contributed by atoms with Crippen molar-refractivity contribution in [2.45, 2.75) is 71.4 Å². The molecule has 1 aliphatic rings. The Kier molecular flexibility index (Phi) is 10.3. The molecule has 2 aromatic heterocycles. The van der Waals surface area contributed by atoms with Crippen molar-refractivity contribution >= 4 is 59.3 Å². The molecule has 17 heteroatoms. The molecule has 3 heterocycles. The molecule has 0 saturated carbocycles. The first kappa shape index (κ1) is 34.3. The lowest BCUT2D eigenvalue weighted by Gasteiger charge is -2.16. The molecule has 6 N–H and O–H groups in total. The molecule has 0 atom stereocenters. The van der Waals surface area contributed by atoms with E-state index >= 15 is 0 Å². The summed E-state index contributed by atoms with van der Waals surface area (Å²) in [6.07, 6.45) is 2.28. The van der Waals surface area contributed by atoms with Gasteiger partial charge in [-0.3, -0.25) is 24.2 Å². The van der Waals surface area contributed by atoms with Gasteiger partial charge in [0.2, 0.25) is 5.91 Å². The first-order valence-electron chi connectivity index (χ1n) is 15.3. The van der Waals surface area contributed by atoms with Crippen LogP contribution in [0.1, 0.15) is 68.8 Å². The van der Waals surface area contributed by atoms with E-state index in [1.165, 1.54) is 18.2 Å². The summed E-state index contributed by atoms with van der Waals surface area (Å²) in [7, 11) is -4.90. The molecule has 0 spiro atoms. The van der Waals surface area contributed by atoms with E-state index in [-0.39, 0.29) is 68.4 Å². The third kappa shape index (κ3) is 8.08. The first-order chi connectivity index (χ1) is 22.8. The number of phenolic OH excluding ortho intramolecular Hbond substituents is 1. The third-order valence-electron chi connectivity index (χ3n) is 7.66. The van der Waals surface area contributed by atoms with E-state index in [0.29, 0.717) is 44.8 Å². The molecule has 0 radical (unpaired) electrons. The van der Waals surface area contributed by atoms with Gasteiger partial charge in [-0.15, -0.1) is 5.06 Å². The van der Waals surface area contributed by atoms with Gasteiger partial charge < -0.3 is 30.1 Å². The summed E-state index contributed by atoms with van der Waals surface area (Å²) in [5, 5.41) is 14.1. The second-order valence-electron chi connectivity index (χ2n) is 11.3. The largest absolute Gasteiger partial charge is 0.524 e. The number of carbonyl (C=O) groups excluding carboxylic acids is 4. The second kappa shape index (κ2) is 14.4. The van der Waals surface area contributed by atoms with Crippen molar-refractivity contribution in [2.75, 3.05) is 5.73 Å². The zero-order valence-electron chi connectivity index (χ0n) is 26.0. The number of pyridine rings is 1. The molecular formula is C31H35N6O10P. The van der Waals surface area contributed by atoms with E-state index in [2.05, 4.69) is 10.3 Å². The van der Waals surface area contributed by atoms with Gasteiger partial charge in [0.1, 0.15) is 22.8 Å². The monoisotopic (exact) mass is 682 g/mol. The van der Waals surface area contributed by atoms with E-state index in [9.17, 15) is 38.6 Å². The molecule has 254 valence electrons. The van der Waals surface area contributed by atoms with Crippen molar-refractivity contribution < 1.29 is 48.0 Å². The summed E-state index contributed by atoms with van der Waals surface area (Å²) in [4.78, 5) is 80.7. The topological polar surface area (TPSA) is 236 Å². The Balaban J connectivity index is 1.34. The minimum absolute atomic E-state index is 0.00290. The van der Waals surface area contributed by atoms with Crippen LogP contribution in [0, 0.1) is 0 Å². The minimum atomic E-state index is -4.90. The number of phosphoric ester groups is 1. The number of aromatic nitrogens is 3. The Morgan fingerprint density at radius 3 is 2.50 bits per heavy atom. The maximum atomic E-state index is 12.5. The SMILES string of the molecule is CCCCc1nc2c(N)nc3cc(CNC(=O)CCCC(=O)ON4C(=O)CCC4=O)ccc3c2n1Cc1cc(O)ccc1OP(=O)(O)O. The summed E-state index contributed by atoms with van der Waals surface area (Å²) in [5.41, 5.74) is 9.01. The molecule has 0 bridgehead atoms. The van der Waals surface area contributed by atoms with Crippen molar-refractivity contribution in [2.24, 2.45) is 0 Å². The molecule has 5 rings (SSSR count). The van der Waals surface area contributed by atoms with Crippen molar-refractivity contribution in [3.05, 3.63) is 53.3 Å². The fourth-order valence-corrected chi connectivity index (χ4v) is 5.81. The first-order valence-corrected chi connectivity index (χ1v) is 16.8. The van der Waals surface area contributed by atoms with Gasteiger partial charge in [-0.1, -0.05) is 25.5 Å². The minimum Gasteiger partial charge on any atom is -0.508 e. The van der Waals surface area contributed by atoms with Crippen molar-refractivity contribution in [1.82, 2.24) is 24.9 Å². The number of hydroxylamine groups is 2. The molecule has 3 amide bonds. The van der Waals surface area contributed by atoms with E-state index in [0.717, 1.165) is 18.4 Å². The number of nitrogens with two attached hydrogens (primary N) is 1. The standard InChI is InChI=1S/C31H35N6O10P/c1-2-3-5-24-35-29-30(36(24)17-19-15-20(38)9-11-23(19)47-48(43,44)45)21-10-8-18(14-22(21)34-31(29)32)16-33-25(39)6-4-7-28(42)46-37-26(40)12-13-27(37)41/h8-11,14-15,38H,2-7,12-13,16-17H2,1H3,(H2,32,34)(H,33,39)(H2,43,44,45). The van der Waals surface area contributed by atoms with Gasteiger partial charge in [-0.25, -0.2) is 19.3 Å². The molecule has 0 unspecified atom stereocenters. The van der Waals surface area contributed by atoms with Gasteiger partial charge >= 0.3 is 13.8 Å². The number of nitrogens with zero attached hydrogens (tertiary/aromatic N) is 4. The van der Waals surface area contributed by atoms with Crippen LogP contribution in [0.3, 0.4) is 0 Å². The highest BCUT2D eigenvalue weighted by atomic mass is 31.2. The number of amides is 3. The Labute approximate surface area is 274 Å². The molecule has 1 fully saturated rings. The molecule has 16 nitrogen and oxygen atoms in total. The van der Waals surface area contributed by atoms with Crippen LogP contribution in [0.4, 0.5) is 5.82 Å². The van der Waals surface area contributed by atoms with E-state index in [4.69, 9.17) is 20.1 Å². The average molecular weight is 683 g/mol. The average Bonchev–Trinajstić information content (AvgIpc) is 3.54. The number of imide groups is 1. The van der Waals surface area contributed by atoms with Gasteiger partial charge in [0, 0.05) is 49.6 Å². The zero-order valence-corrected chi connectivity index (χ0v) is 26.9. The van der Waals surface area contributed by atoms with Crippen LogP contribution < -0.4 is 15.6 Å². The van der Waals surface area contributed by atoms with Gasteiger partial charge in [0.25, 0.3) is 11.8 Å². The molecule has 4 aromatic rings. The number of imidazole rings is 1. The maximum absolute atomic E-state index is 12.5. The predicted molar refractivity (Wildman–Crippen MR) is 171 cm³/mol. The third-order valence-corrected chi connectivity index (χ3v) is 8.10. The predicted octanol–water partition coefficient (Wildman–Crippen LogP) is 3.13. The van der Waals surface area contributed by atoms with Crippen LogP contribution in [0.25, 0.3) is 21.9 Å². The lowest BCUT2D eigenvalue weighted by molar-refractivity contribution is -0.197. The summed E-state index contributed by atoms with van der Waals surface area (Å²) >= 11 is 0. The van der Waals surface area contributed by atoms with Gasteiger partial charge in [0.05, 0.1) is 17.6 Å². The Hall–Kier alpha value is -5.05. The van der Waals surface area contributed by atoms with Crippen LogP contribution in [-0.2, 0) is 48.1 Å². The highest BCUT2D eigenvalue weighted by Crippen LogP contribution is 2.41. The number of unbranched alkanes of at least 4 members (excludes halogenated alkanes) is 1. The fourth-order valence-electron chi connectivity index (χ4n) is 5.37. The van der Waals surface area contributed by atoms with Crippen LogP contribution in [0.5, 0.6) is 11.5 Å². The van der Waals surface area contributed by atoms with Crippen LogP contribution in [-0.4, -0.2) is 58.2 Å². The number of fused-ring (bicyclic) bond motifs is 3. The number of benzene rings is 2. The van der Waals surface area contributed by atoms with Gasteiger partial charge in [-0.2, -0.15) is 0 Å². The quantitative estimate of drug-likeness (QED) is 0.0951. The lowest BCUT2D eigenvalue weighted by Crippen LogP contribution is -2.32. The number of phosphoric acid groups is 1. The Bertz CT molecular complexity index is 1940. The Morgan fingerprint density at radius 1 is 1.04 bits per heavy atom. The highest BCUT2D eigenvalue weighted by Gasteiger charge is 2.32. The van der Waals surface area contributed by atoms with E-state index in [1.54, 1.807) is 12.1 Å². The smallest absolute Gasteiger partial charge is 0.508 e. The number of carbonyl (C=O) groups is 4. The van der Waals surface area contributed by atoms with Crippen LogP contribution >= 0.6 is 7.82 Å². The number of aryl methyl sites for hydroxylation is 1. The van der Waals surface area contributed by atoms with Crippen LogP contribution in [0.15, 0.2) is 36.4 Å². The number of hydrogen-bond acceptors (Lipinski definition) is 11. The molecule has 2 aromatic carbocycles. The van der Waals surface area contributed by atoms with E-state index < -0.39 is 25.6 Å². The molecule has 48 heavy (non-hydrogen) atoms. The summed E-state index contributed by atoms with van der Waals surface area (Å²) in [6, 6.07) is 9.32. The number of nitrogens with one attached hydrogen (secondary N) is 1. The van der Waals surface area contributed by atoms with Gasteiger partial charge in [-0.05, 0) is 42.7 Å². The van der Waals surface area contributed by atoms with Crippen molar-refractivity contribution in [3.8, 4) is 11.5 Å². The van der Waals surface area contributed by atoms with Crippen molar-refractivity contribution in [1.29, 1.82) is 0 Å². The molecule has 1 aliphatic heterocycles. The van der Waals surface area contributed by atoms with Crippen molar-refractivity contribution in [3.63, 3.8) is 0 Å². The molecular weight excluding hydrogens is 647 g/mol. The number of anilines is 1. The van der Waals surface area contributed by atoms with E-state index in [1.807, 2.05) is 17.6 Å². The maximum Gasteiger partial charge on any atom is 0.524 e. The summed E-state index contributed by atoms with van der Waals surface area (Å²) in [5.74, 6) is -1.62. The number of aromatic hydroxyl groups is 1. The molecule has 1 saturated heterocycles. The number of hydrogen-bond donors (Lipinski definition) is 5. The summed E-state index contributed by atoms with van der Waals surface area (Å²) < 4.78 is 18.4. The van der Waals surface area contributed by atoms with Crippen LogP contribution in [0.2, 0.25) is 0 Å². The zero-order chi connectivity index (χ0) is 34.6. The normalized spacial score (nSPS) is 13.4. The molecule has 0 aliphatic carbocycles. The number of nitrogen functional groups attached to an aromatic ring is 1. The lowest BCUT2D eigenvalue weighted by atomic mass is 10.1. The Morgan fingerprint density at radius 2 is 1.79 bits per heavy atom.